The van der Waals surface area contributed by atoms with E-state index < -0.39 is 22.3 Å². The Morgan fingerprint density at radius 3 is 2.35 bits per heavy atom. The summed E-state index contributed by atoms with van der Waals surface area (Å²) in [4.78, 5) is 38.0. The van der Waals surface area contributed by atoms with Gasteiger partial charge in [0, 0.05) is 27.9 Å². The number of carbonyl (C=O) groups is 1. The number of nitrogens with two attached hydrogens (primary N) is 1. The number of allylic oxidation sites excluding steroid dienone is 1. The number of non-ortho nitro benzene ring substituents is 1. The topological polar surface area (TPSA) is 144 Å². The lowest BCUT2D eigenvalue weighted by Gasteiger charge is -2.26. The van der Waals surface area contributed by atoms with Crippen molar-refractivity contribution < 1.29 is 9.72 Å². The van der Waals surface area contributed by atoms with Gasteiger partial charge in [-0.15, -0.1) is 11.3 Å². The molecule has 198 valence electrons. The van der Waals surface area contributed by atoms with Crippen LogP contribution in [0, 0.1) is 21.4 Å². The molecule has 40 heavy (non-hydrogen) atoms. The Morgan fingerprint density at radius 2 is 1.73 bits per heavy atom. The van der Waals surface area contributed by atoms with Gasteiger partial charge in [0.15, 0.2) is 0 Å². The van der Waals surface area contributed by atoms with E-state index in [1.165, 1.54) is 24.3 Å². The molecule has 2 heterocycles. The number of rotatable bonds is 5. The number of carbonyl (C=O) groups excluding carboxylic acids is 1. The molecule has 0 saturated heterocycles. The molecule has 1 aliphatic rings. The molecular formula is C28H17Cl2N5O4S. The lowest BCUT2D eigenvalue weighted by Crippen LogP contribution is -2.40. The number of halogens is 2. The van der Waals surface area contributed by atoms with E-state index in [2.05, 4.69) is 11.4 Å². The van der Waals surface area contributed by atoms with E-state index in [4.69, 9.17) is 28.9 Å². The van der Waals surface area contributed by atoms with Gasteiger partial charge in [0.05, 0.1) is 32.6 Å². The Labute approximate surface area is 240 Å². The number of nitro benzene ring substituents is 1. The quantitative estimate of drug-likeness (QED) is 0.264. The van der Waals surface area contributed by atoms with Crippen LogP contribution in [0.4, 0.5) is 11.4 Å². The summed E-state index contributed by atoms with van der Waals surface area (Å²) < 4.78 is 1.59. The normalized spacial score (nSPS) is 15.0. The van der Waals surface area contributed by atoms with Gasteiger partial charge in [-0.2, -0.15) is 5.26 Å². The van der Waals surface area contributed by atoms with Crippen molar-refractivity contribution in [2.75, 3.05) is 5.32 Å². The van der Waals surface area contributed by atoms with E-state index in [0.29, 0.717) is 21.2 Å². The van der Waals surface area contributed by atoms with E-state index in [9.17, 15) is 25.0 Å². The van der Waals surface area contributed by atoms with Crippen LogP contribution in [0.3, 0.4) is 0 Å². The predicted octanol–water partition coefficient (Wildman–Crippen LogP) is 4.19. The van der Waals surface area contributed by atoms with Crippen LogP contribution < -0.4 is 25.8 Å². The highest BCUT2D eigenvalue weighted by atomic mass is 35.5. The first kappa shape index (κ1) is 26.9. The number of fused-ring (bicyclic) bond motifs is 1. The molecule has 12 heteroatoms. The van der Waals surface area contributed by atoms with Crippen molar-refractivity contribution in [1.82, 2.24) is 4.57 Å². The Balaban J connectivity index is 1.79. The molecule has 1 aromatic heterocycles. The van der Waals surface area contributed by atoms with Gasteiger partial charge in [-0.05, 0) is 41.5 Å². The van der Waals surface area contributed by atoms with E-state index in [1.54, 1.807) is 54.6 Å². The molecule has 5 rings (SSSR count). The number of nitro groups is 1. The number of hydrogen-bond acceptors (Lipinski definition) is 7. The fourth-order valence-electron chi connectivity index (χ4n) is 4.39. The van der Waals surface area contributed by atoms with Gasteiger partial charge in [0.1, 0.15) is 10.5 Å². The second kappa shape index (κ2) is 10.8. The molecule has 1 unspecified atom stereocenters. The predicted molar refractivity (Wildman–Crippen MR) is 155 cm³/mol. The SMILES string of the molecule is N#CC1=C(N)n2c(s/c(=C\c3ccccc3Cl)c2=O)=C(C(=O)Nc2ccc([N+](=O)[O-])cc2)C1c1ccccc1Cl. The molecule has 4 aromatic rings. The summed E-state index contributed by atoms with van der Waals surface area (Å²) in [7, 11) is 0. The van der Waals surface area contributed by atoms with Crippen LogP contribution in [0.5, 0.6) is 0 Å². The molecule has 0 spiro atoms. The summed E-state index contributed by atoms with van der Waals surface area (Å²) in [6.45, 7) is 0. The van der Waals surface area contributed by atoms with E-state index in [0.717, 1.165) is 15.9 Å². The molecule has 1 amide bonds. The smallest absolute Gasteiger partial charge is 0.274 e. The summed E-state index contributed by atoms with van der Waals surface area (Å²) in [5.41, 5.74) is 7.08. The summed E-state index contributed by atoms with van der Waals surface area (Å²) in [6, 6.07) is 21.0. The first-order chi connectivity index (χ1) is 19.2. The standard InChI is InChI=1S/C28H17Cl2N5O4S/c29-20-7-3-1-5-15(20)13-22-27(37)34-25(32)19(14-31)23(18-6-2-4-8-21(18)30)24(28(34)40-22)26(36)33-16-9-11-17(12-10-16)35(38)39/h1-13,23H,32H2,(H,33,36)/b22-13-. The molecule has 9 nitrogen and oxygen atoms in total. The molecule has 0 aliphatic carbocycles. The van der Waals surface area contributed by atoms with Crippen LogP contribution >= 0.6 is 34.5 Å². The maximum absolute atomic E-state index is 13.9. The molecule has 1 atom stereocenters. The van der Waals surface area contributed by atoms with Crippen LogP contribution in [-0.4, -0.2) is 15.4 Å². The zero-order valence-corrected chi connectivity index (χ0v) is 22.6. The monoisotopic (exact) mass is 589 g/mol. The first-order valence-electron chi connectivity index (χ1n) is 11.6. The van der Waals surface area contributed by atoms with Gasteiger partial charge in [-0.25, -0.2) is 0 Å². The van der Waals surface area contributed by atoms with Gasteiger partial charge < -0.3 is 11.1 Å². The van der Waals surface area contributed by atoms with E-state index >= 15 is 0 Å². The highest BCUT2D eigenvalue weighted by molar-refractivity contribution is 7.07. The Bertz CT molecular complexity index is 1960. The number of thiazole rings is 1. The molecule has 0 fully saturated rings. The van der Waals surface area contributed by atoms with Crippen molar-refractivity contribution in [2.24, 2.45) is 5.73 Å². The van der Waals surface area contributed by atoms with Crippen LogP contribution in [0.2, 0.25) is 10.0 Å². The average Bonchev–Trinajstić information content (AvgIpc) is 3.26. The molecule has 0 radical (unpaired) electrons. The summed E-state index contributed by atoms with van der Waals surface area (Å²) in [5.74, 6) is -1.75. The fourth-order valence-corrected chi connectivity index (χ4v) is 5.99. The lowest BCUT2D eigenvalue weighted by molar-refractivity contribution is -0.384. The third-order valence-electron chi connectivity index (χ3n) is 6.26. The van der Waals surface area contributed by atoms with Crippen LogP contribution in [0.15, 0.2) is 83.2 Å². The number of nitriles is 1. The van der Waals surface area contributed by atoms with Gasteiger partial charge in [-0.3, -0.25) is 24.3 Å². The Hall–Kier alpha value is -4.69. The number of aromatic nitrogens is 1. The van der Waals surface area contributed by atoms with Crippen molar-refractivity contribution in [1.29, 1.82) is 5.26 Å². The number of amides is 1. The minimum Gasteiger partial charge on any atom is -0.384 e. The van der Waals surface area contributed by atoms with Crippen molar-refractivity contribution in [3.05, 3.63) is 129 Å². The Kier molecular flexibility index (Phi) is 7.28. The molecule has 3 N–H and O–H groups in total. The zero-order valence-electron chi connectivity index (χ0n) is 20.3. The minimum atomic E-state index is -0.997. The summed E-state index contributed by atoms with van der Waals surface area (Å²) in [6.07, 6.45) is 1.59. The van der Waals surface area contributed by atoms with Crippen molar-refractivity contribution in [3.63, 3.8) is 0 Å². The molecule has 3 aromatic carbocycles. The molecule has 1 aliphatic heterocycles. The van der Waals surface area contributed by atoms with Gasteiger partial charge in [0.25, 0.3) is 17.2 Å². The lowest BCUT2D eigenvalue weighted by atomic mass is 9.83. The van der Waals surface area contributed by atoms with E-state index in [1.807, 2.05) is 0 Å². The van der Waals surface area contributed by atoms with Gasteiger partial charge in [-0.1, -0.05) is 59.6 Å². The number of anilines is 1. The zero-order chi connectivity index (χ0) is 28.6. The van der Waals surface area contributed by atoms with Crippen molar-refractivity contribution in [3.8, 4) is 6.07 Å². The highest BCUT2D eigenvalue weighted by Gasteiger charge is 2.36. The third-order valence-corrected chi connectivity index (χ3v) is 8.05. The molecule has 0 saturated carbocycles. The Morgan fingerprint density at radius 1 is 1.07 bits per heavy atom. The van der Waals surface area contributed by atoms with Crippen molar-refractivity contribution >= 4 is 69.3 Å². The highest BCUT2D eigenvalue weighted by Crippen LogP contribution is 2.39. The van der Waals surface area contributed by atoms with E-state index in [-0.39, 0.29) is 37.5 Å². The largest absolute Gasteiger partial charge is 0.384 e. The minimum absolute atomic E-state index is 0.0290. The maximum atomic E-state index is 13.9. The number of hydrogen-bond donors (Lipinski definition) is 2. The second-order valence-corrected chi connectivity index (χ2v) is 10.5. The van der Waals surface area contributed by atoms with Gasteiger partial charge >= 0.3 is 0 Å². The average molecular weight is 590 g/mol. The van der Waals surface area contributed by atoms with Gasteiger partial charge in [0.2, 0.25) is 0 Å². The van der Waals surface area contributed by atoms with Crippen LogP contribution in [-0.2, 0) is 4.79 Å². The summed E-state index contributed by atoms with van der Waals surface area (Å²) >= 11 is 13.9. The maximum Gasteiger partial charge on any atom is 0.274 e. The first-order valence-corrected chi connectivity index (χ1v) is 13.2. The summed E-state index contributed by atoms with van der Waals surface area (Å²) in [5, 5.41) is 24.7. The number of benzene rings is 3. The number of nitrogens with one attached hydrogen (secondary N) is 1. The third kappa shape index (κ3) is 4.78. The fraction of sp³-hybridized carbons (Fsp3) is 0.0357. The van der Waals surface area contributed by atoms with Crippen LogP contribution in [0.25, 0.3) is 17.5 Å². The van der Waals surface area contributed by atoms with Crippen LogP contribution in [0.1, 0.15) is 17.0 Å². The molecular weight excluding hydrogens is 573 g/mol. The second-order valence-electron chi connectivity index (χ2n) is 8.61. The van der Waals surface area contributed by atoms with Crippen molar-refractivity contribution in [2.45, 2.75) is 5.92 Å². The number of nitrogens with zero attached hydrogens (tertiary/aromatic N) is 3. The molecule has 0 bridgehead atoms.